The maximum absolute atomic E-state index is 13.6. The van der Waals surface area contributed by atoms with E-state index in [0.29, 0.717) is 5.92 Å². The van der Waals surface area contributed by atoms with Gasteiger partial charge in [0, 0.05) is 41.3 Å². The highest BCUT2D eigenvalue weighted by Crippen LogP contribution is 2.53. The van der Waals surface area contributed by atoms with Crippen molar-refractivity contribution in [2.75, 3.05) is 12.3 Å². The summed E-state index contributed by atoms with van der Waals surface area (Å²) >= 11 is 1.75. The van der Waals surface area contributed by atoms with Gasteiger partial charge in [-0.05, 0) is 65.4 Å². The van der Waals surface area contributed by atoms with E-state index in [-0.39, 0.29) is 18.2 Å². The Balaban J connectivity index is 1.45. The smallest absolute Gasteiger partial charge is 0.407 e. The Hall–Kier alpha value is -1.65. The summed E-state index contributed by atoms with van der Waals surface area (Å²) in [6.07, 6.45) is 9.28. The summed E-state index contributed by atoms with van der Waals surface area (Å²) in [7, 11) is -2.28. The van der Waals surface area contributed by atoms with Gasteiger partial charge in [-0.1, -0.05) is 17.7 Å². The second-order valence-electron chi connectivity index (χ2n) is 9.27. The average Bonchev–Trinajstić information content (AvgIpc) is 3.38. The van der Waals surface area contributed by atoms with E-state index in [9.17, 15) is 9.36 Å². The van der Waals surface area contributed by atoms with Gasteiger partial charge < -0.3 is 14.6 Å². The molecule has 5 nitrogen and oxygen atoms in total. The highest BCUT2D eigenvalue weighted by Gasteiger charge is 2.32. The third kappa shape index (κ3) is 5.23. The van der Waals surface area contributed by atoms with Crippen molar-refractivity contribution < 1.29 is 14.1 Å². The fourth-order valence-electron chi connectivity index (χ4n) is 4.77. The van der Waals surface area contributed by atoms with E-state index in [1.807, 2.05) is 20.0 Å². The van der Waals surface area contributed by atoms with Crippen LogP contribution in [0.5, 0.6) is 0 Å². The van der Waals surface area contributed by atoms with E-state index in [4.69, 9.17) is 9.72 Å². The molecule has 7 heteroatoms. The topological polar surface area (TPSA) is 68.3 Å². The number of aromatic nitrogens is 1. The first kappa shape index (κ1) is 22.5. The molecule has 0 radical (unpaired) electrons. The van der Waals surface area contributed by atoms with Gasteiger partial charge in [-0.3, -0.25) is 0 Å². The number of alkyl carbamates (subject to hydrolysis) is 1. The fourth-order valence-corrected chi connectivity index (χ4v) is 9.22. The number of amides is 1. The summed E-state index contributed by atoms with van der Waals surface area (Å²) in [4.78, 5) is 17.8. The van der Waals surface area contributed by atoms with Crippen molar-refractivity contribution >= 4 is 29.9 Å². The van der Waals surface area contributed by atoms with Crippen molar-refractivity contribution in [2.24, 2.45) is 0 Å². The Bertz CT molecular complexity index is 969. The van der Waals surface area contributed by atoms with E-state index in [1.165, 1.54) is 5.56 Å². The lowest BCUT2D eigenvalue weighted by Crippen LogP contribution is -2.38. The molecule has 1 saturated heterocycles. The van der Waals surface area contributed by atoms with Crippen molar-refractivity contribution in [3.8, 4) is 10.4 Å². The number of ether oxygens (including phenoxy) is 1. The molecule has 1 aliphatic heterocycles. The molecule has 1 amide bonds. The summed E-state index contributed by atoms with van der Waals surface area (Å²) in [6.45, 7) is 5.80. The Morgan fingerprint density at radius 3 is 2.58 bits per heavy atom. The van der Waals surface area contributed by atoms with Gasteiger partial charge in [-0.15, -0.1) is 11.3 Å². The number of benzene rings is 1. The molecule has 2 fully saturated rings. The first-order valence-electron chi connectivity index (χ1n) is 11.5. The SMILES string of the molecule is Cc1ccc(-c2cnc(C3CCC(NC(=O)OC(C)C)CC3)s2)c(P2(=O)CCCC2)c1. The number of nitrogens with one attached hydrogen (secondary N) is 1. The summed E-state index contributed by atoms with van der Waals surface area (Å²) in [5.74, 6) is 0.425. The minimum Gasteiger partial charge on any atom is -0.447 e. The Labute approximate surface area is 189 Å². The van der Waals surface area contributed by atoms with Crippen LogP contribution >= 0.6 is 18.5 Å². The summed E-state index contributed by atoms with van der Waals surface area (Å²) in [5, 5.41) is 5.22. The number of thiazole rings is 1. The highest BCUT2D eigenvalue weighted by atomic mass is 32.1. The zero-order chi connectivity index (χ0) is 22.0. The first-order chi connectivity index (χ1) is 14.8. The zero-order valence-corrected chi connectivity index (χ0v) is 20.4. The molecule has 1 aromatic carbocycles. The van der Waals surface area contributed by atoms with Crippen molar-refractivity contribution in [1.29, 1.82) is 0 Å². The fraction of sp³-hybridized carbons (Fsp3) is 0.583. The predicted molar refractivity (Wildman–Crippen MR) is 128 cm³/mol. The van der Waals surface area contributed by atoms with Gasteiger partial charge in [-0.2, -0.15) is 0 Å². The number of aryl methyl sites for hydroxylation is 1. The summed E-state index contributed by atoms with van der Waals surface area (Å²) in [6, 6.07) is 6.58. The van der Waals surface area contributed by atoms with E-state index < -0.39 is 7.14 Å². The molecule has 2 aliphatic rings. The van der Waals surface area contributed by atoms with Crippen LogP contribution in [0.2, 0.25) is 0 Å². The lowest BCUT2D eigenvalue weighted by Gasteiger charge is -2.28. The Morgan fingerprint density at radius 2 is 1.90 bits per heavy atom. The van der Waals surface area contributed by atoms with E-state index in [1.54, 1.807) is 11.3 Å². The van der Waals surface area contributed by atoms with Crippen LogP contribution in [0.1, 0.15) is 68.9 Å². The Morgan fingerprint density at radius 1 is 1.19 bits per heavy atom. The molecule has 0 bridgehead atoms. The number of hydrogen-bond donors (Lipinski definition) is 1. The first-order valence-corrected chi connectivity index (χ1v) is 14.4. The summed E-state index contributed by atoms with van der Waals surface area (Å²) in [5.41, 5.74) is 2.29. The molecule has 168 valence electrons. The van der Waals surface area contributed by atoms with Gasteiger partial charge >= 0.3 is 6.09 Å². The van der Waals surface area contributed by atoms with Gasteiger partial charge in [0.25, 0.3) is 0 Å². The number of rotatable bonds is 5. The van der Waals surface area contributed by atoms with Crippen molar-refractivity contribution in [3.63, 3.8) is 0 Å². The van der Waals surface area contributed by atoms with Gasteiger partial charge in [0.15, 0.2) is 0 Å². The van der Waals surface area contributed by atoms with Crippen LogP contribution in [0.25, 0.3) is 10.4 Å². The normalized spacial score (nSPS) is 23.1. The molecule has 4 rings (SSSR count). The second-order valence-corrected chi connectivity index (χ2v) is 13.5. The van der Waals surface area contributed by atoms with E-state index in [0.717, 1.165) is 71.6 Å². The van der Waals surface area contributed by atoms with Crippen LogP contribution in [0.3, 0.4) is 0 Å². The van der Waals surface area contributed by atoms with Crippen molar-refractivity contribution in [2.45, 2.75) is 77.4 Å². The molecule has 0 atom stereocenters. The van der Waals surface area contributed by atoms with Crippen LogP contribution in [0.4, 0.5) is 4.79 Å². The lowest BCUT2D eigenvalue weighted by atomic mass is 9.86. The quantitative estimate of drug-likeness (QED) is 0.551. The van der Waals surface area contributed by atoms with Crippen LogP contribution in [-0.4, -0.2) is 35.5 Å². The maximum atomic E-state index is 13.6. The maximum Gasteiger partial charge on any atom is 0.407 e. The molecule has 1 saturated carbocycles. The van der Waals surface area contributed by atoms with Gasteiger partial charge in [0.1, 0.15) is 7.14 Å². The highest BCUT2D eigenvalue weighted by molar-refractivity contribution is 7.72. The molecular formula is C24H33N2O3PS. The second kappa shape index (κ2) is 9.46. The summed E-state index contributed by atoms with van der Waals surface area (Å²) < 4.78 is 18.8. The lowest BCUT2D eigenvalue weighted by molar-refractivity contribution is 0.109. The number of hydrogen-bond acceptors (Lipinski definition) is 5. The third-order valence-corrected chi connectivity index (χ3v) is 10.9. The van der Waals surface area contributed by atoms with Gasteiger partial charge in [-0.25, -0.2) is 9.78 Å². The molecule has 1 aromatic heterocycles. The molecule has 2 aromatic rings. The monoisotopic (exact) mass is 460 g/mol. The van der Waals surface area contributed by atoms with Crippen LogP contribution in [0, 0.1) is 6.92 Å². The van der Waals surface area contributed by atoms with Gasteiger partial charge in [0.05, 0.1) is 16.0 Å². The molecule has 1 aliphatic carbocycles. The number of nitrogens with zero attached hydrogens (tertiary/aromatic N) is 1. The number of carbonyl (C=O) groups is 1. The van der Waals surface area contributed by atoms with E-state index in [2.05, 4.69) is 30.4 Å². The third-order valence-electron chi connectivity index (χ3n) is 6.41. The average molecular weight is 461 g/mol. The van der Waals surface area contributed by atoms with Gasteiger partial charge in [0.2, 0.25) is 0 Å². The number of carbonyl (C=O) groups excluding carboxylic acids is 1. The molecule has 0 unspecified atom stereocenters. The van der Waals surface area contributed by atoms with Crippen LogP contribution in [0.15, 0.2) is 24.4 Å². The zero-order valence-electron chi connectivity index (χ0n) is 18.7. The van der Waals surface area contributed by atoms with Crippen LogP contribution in [-0.2, 0) is 9.30 Å². The largest absolute Gasteiger partial charge is 0.447 e. The predicted octanol–water partition coefficient (Wildman–Crippen LogP) is 6.06. The van der Waals surface area contributed by atoms with Crippen molar-refractivity contribution in [3.05, 3.63) is 35.0 Å². The van der Waals surface area contributed by atoms with Crippen molar-refractivity contribution in [1.82, 2.24) is 10.3 Å². The Kier molecular flexibility index (Phi) is 6.88. The van der Waals surface area contributed by atoms with E-state index >= 15 is 0 Å². The molecule has 0 spiro atoms. The molecule has 2 heterocycles. The molecular weight excluding hydrogens is 427 g/mol. The minimum absolute atomic E-state index is 0.100. The minimum atomic E-state index is -2.28. The molecule has 1 N–H and O–H groups in total. The molecule has 31 heavy (non-hydrogen) atoms. The van der Waals surface area contributed by atoms with Crippen LogP contribution < -0.4 is 10.6 Å². The standard InChI is InChI=1S/C24H33N2O3PS/c1-16(2)29-24(27)26-19-9-7-18(8-10-19)23-25-15-22(31-23)20-11-6-17(3)14-21(20)30(28)12-4-5-13-30/h6,11,14-16,18-19H,4-5,7-10,12-13H2,1-3H3,(H,26,27).